The van der Waals surface area contributed by atoms with E-state index in [0.717, 1.165) is 12.0 Å². The van der Waals surface area contributed by atoms with Crippen LogP contribution in [0.3, 0.4) is 0 Å². The van der Waals surface area contributed by atoms with Gasteiger partial charge in [0, 0.05) is 19.0 Å². The SMILES string of the molecule is Cc1ccc(NC(=O)C[C@@H]2SC(=NCCC(C)C)NC2=O)c([N+](=O)[O-])c1. The van der Waals surface area contributed by atoms with Gasteiger partial charge in [0.1, 0.15) is 10.9 Å². The average molecular weight is 378 g/mol. The summed E-state index contributed by atoms with van der Waals surface area (Å²) in [4.78, 5) is 39.1. The Hall–Kier alpha value is -2.42. The fourth-order valence-electron chi connectivity index (χ4n) is 2.31. The molecular formula is C17H22N4O4S. The van der Waals surface area contributed by atoms with E-state index in [1.165, 1.54) is 23.9 Å². The number of rotatable bonds is 7. The number of hydrogen-bond donors (Lipinski definition) is 2. The highest BCUT2D eigenvalue weighted by Gasteiger charge is 2.32. The van der Waals surface area contributed by atoms with Crippen LogP contribution in [-0.4, -0.2) is 33.7 Å². The van der Waals surface area contributed by atoms with Gasteiger partial charge in [-0.25, -0.2) is 0 Å². The maximum atomic E-state index is 12.2. The minimum absolute atomic E-state index is 0.0786. The third-order valence-corrected chi connectivity index (χ3v) is 4.85. The summed E-state index contributed by atoms with van der Waals surface area (Å²) in [6.07, 6.45) is 0.840. The molecular weight excluding hydrogens is 356 g/mol. The van der Waals surface area contributed by atoms with Crippen LogP contribution in [0.5, 0.6) is 0 Å². The summed E-state index contributed by atoms with van der Waals surface area (Å²) in [5.74, 6) is -0.201. The highest BCUT2D eigenvalue weighted by atomic mass is 32.2. The Balaban J connectivity index is 1.96. The number of aryl methyl sites for hydroxylation is 1. The molecule has 1 atom stereocenters. The van der Waals surface area contributed by atoms with Crippen molar-refractivity contribution in [2.24, 2.45) is 10.9 Å². The maximum absolute atomic E-state index is 12.2. The van der Waals surface area contributed by atoms with Crippen LogP contribution in [0.2, 0.25) is 0 Å². The molecule has 1 aliphatic rings. The molecule has 8 nitrogen and oxygen atoms in total. The molecule has 1 aliphatic heterocycles. The first-order chi connectivity index (χ1) is 12.3. The van der Waals surface area contributed by atoms with Gasteiger partial charge < -0.3 is 10.6 Å². The first kappa shape index (κ1) is 19.9. The highest BCUT2D eigenvalue weighted by molar-refractivity contribution is 8.15. The number of carbonyl (C=O) groups is 2. The van der Waals surface area contributed by atoms with Gasteiger partial charge in [-0.3, -0.25) is 24.7 Å². The molecule has 0 spiro atoms. The van der Waals surface area contributed by atoms with Crippen molar-refractivity contribution in [1.82, 2.24) is 5.32 Å². The van der Waals surface area contributed by atoms with Gasteiger partial charge in [0.2, 0.25) is 11.8 Å². The second kappa shape index (κ2) is 8.79. The lowest BCUT2D eigenvalue weighted by molar-refractivity contribution is -0.384. The summed E-state index contributed by atoms with van der Waals surface area (Å²) in [7, 11) is 0. The summed E-state index contributed by atoms with van der Waals surface area (Å²) >= 11 is 1.22. The summed E-state index contributed by atoms with van der Waals surface area (Å²) in [6, 6.07) is 4.57. The second-order valence-corrected chi connectivity index (χ2v) is 7.69. The monoisotopic (exact) mass is 378 g/mol. The van der Waals surface area contributed by atoms with Gasteiger partial charge in [-0.1, -0.05) is 31.7 Å². The molecule has 0 radical (unpaired) electrons. The van der Waals surface area contributed by atoms with Crippen LogP contribution in [0.4, 0.5) is 11.4 Å². The fourth-order valence-corrected chi connectivity index (χ4v) is 3.30. The molecule has 2 amide bonds. The van der Waals surface area contributed by atoms with Gasteiger partial charge in [-0.05, 0) is 30.9 Å². The molecule has 0 aromatic heterocycles. The van der Waals surface area contributed by atoms with Crippen molar-refractivity contribution in [3.63, 3.8) is 0 Å². The first-order valence-electron chi connectivity index (χ1n) is 8.33. The summed E-state index contributed by atoms with van der Waals surface area (Å²) < 4.78 is 0. The van der Waals surface area contributed by atoms with Gasteiger partial charge in [0.05, 0.1) is 4.92 Å². The lowest BCUT2D eigenvalue weighted by atomic mass is 10.1. The van der Waals surface area contributed by atoms with E-state index in [1.54, 1.807) is 13.0 Å². The number of thioether (sulfide) groups is 1. The number of amides is 2. The Morgan fingerprint density at radius 1 is 1.46 bits per heavy atom. The molecule has 1 heterocycles. The van der Waals surface area contributed by atoms with Crippen molar-refractivity contribution < 1.29 is 14.5 Å². The minimum Gasteiger partial charge on any atom is -0.320 e. The molecule has 2 N–H and O–H groups in total. The van der Waals surface area contributed by atoms with Crippen molar-refractivity contribution in [1.29, 1.82) is 0 Å². The van der Waals surface area contributed by atoms with Crippen LogP contribution < -0.4 is 10.6 Å². The van der Waals surface area contributed by atoms with E-state index in [0.29, 0.717) is 17.6 Å². The number of anilines is 1. The van der Waals surface area contributed by atoms with Crippen molar-refractivity contribution in [2.45, 2.75) is 38.9 Å². The predicted molar refractivity (Wildman–Crippen MR) is 102 cm³/mol. The minimum atomic E-state index is -0.586. The topological polar surface area (TPSA) is 114 Å². The molecule has 26 heavy (non-hydrogen) atoms. The zero-order chi connectivity index (χ0) is 19.3. The van der Waals surface area contributed by atoms with Crippen LogP contribution in [-0.2, 0) is 9.59 Å². The number of nitro groups is 1. The first-order valence-corrected chi connectivity index (χ1v) is 9.21. The maximum Gasteiger partial charge on any atom is 0.293 e. The van der Waals surface area contributed by atoms with Crippen LogP contribution >= 0.6 is 11.8 Å². The predicted octanol–water partition coefficient (Wildman–Crippen LogP) is 2.87. The van der Waals surface area contributed by atoms with Crippen LogP contribution in [0.15, 0.2) is 23.2 Å². The van der Waals surface area contributed by atoms with Crippen LogP contribution in [0.1, 0.15) is 32.3 Å². The summed E-state index contributed by atoms with van der Waals surface area (Å²) in [6.45, 7) is 6.54. The Morgan fingerprint density at radius 2 is 2.19 bits per heavy atom. The van der Waals surface area contributed by atoms with Gasteiger partial charge in [0.15, 0.2) is 5.17 Å². The van der Waals surface area contributed by atoms with E-state index >= 15 is 0 Å². The largest absolute Gasteiger partial charge is 0.320 e. The quantitative estimate of drug-likeness (QED) is 0.559. The van der Waals surface area contributed by atoms with Crippen molar-refractivity contribution in [2.75, 3.05) is 11.9 Å². The van der Waals surface area contributed by atoms with E-state index in [2.05, 4.69) is 29.5 Å². The number of carbonyl (C=O) groups excluding carboxylic acids is 2. The van der Waals surface area contributed by atoms with E-state index in [-0.39, 0.29) is 23.7 Å². The molecule has 1 aromatic carbocycles. The molecule has 0 saturated carbocycles. The number of nitrogens with one attached hydrogen (secondary N) is 2. The Labute approximate surface area is 156 Å². The van der Waals surface area contributed by atoms with E-state index in [9.17, 15) is 19.7 Å². The Kier molecular flexibility index (Phi) is 6.73. The van der Waals surface area contributed by atoms with Gasteiger partial charge in [-0.2, -0.15) is 0 Å². The lowest BCUT2D eigenvalue weighted by Crippen LogP contribution is -2.28. The molecule has 1 fully saturated rings. The zero-order valence-electron chi connectivity index (χ0n) is 14.9. The van der Waals surface area contributed by atoms with Crippen molar-refractivity contribution in [3.8, 4) is 0 Å². The number of nitro benzene ring substituents is 1. The fraction of sp³-hybridized carbons (Fsp3) is 0.471. The van der Waals surface area contributed by atoms with E-state index < -0.39 is 16.1 Å². The Morgan fingerprint density at radius 3 is 2.85 bits per heavy atom. The molecule has 1 saturated heterocycles. The normalized spacial score (nSPS) is 18.2. The molecule has 0 bridgehead atoms. The number of benzene rings is 1. The van der Waals surface area contributed by atoms with E-state index in [1.807, 2.05) is 0 Å². The molecule has 9 heteroatoms. The van der Waals surface area contributed by atoms with Crippen LogP contribution in [0, 0.1) is 23.0 Å². The number of amidine groups is 1. The Bertz CT molecular complexity index is 748. The molecule has 140 valence electrons. The second-order valence-electron chi connectivity index (χ2n) is 6.50. The smallest absolute Gasteiger partial charge is 0.293 e. The third kappa shape index (κ3) is 5.55. The zero-order valence-corrected chi connectivity index (χ0v) is 15.8. The highest BCUT2D eigenvalue weighted by Crippen LogP contribution is 2.27. The van der Waals surface area contributed by atoms with Gasteiger partial charge >= 0.3 is 0 Å². The van der Waals surface area contributed by atoms with Gasteiger partial charge in [-0.15, -0.1) is 0 Å². The molecule has 2 rings (SSSR count). The number of nitrogens with zero attached hydrogens (tertiary/aromatic N) is 2. The summed E-state index contributed by atoms with van der Waals surface area (Å²) in [5.41, 5.74) is 0.681. The van der Waals surface area contributed by atoms with Crippen molar-refractivity contribution in [3.05, 3.63) is 33.9 Å². The molecule has 0 unspecified atom stereocenters. The standard InChI is InChI=1S/C17H22N4O4S/c1-10(2)6-7-18-17-20-16(23)14(26-17)9-15(22)19-12-5-4-11(3)8-13(12)21(24)25/h4-5,8,10,14H,6-7,9H2,1-3H3,(H,19,22)(H,18,20,23)/t14-/m0/s1. The summed E-state index contributed by atoms with van der Waals surface area (Å²) in [5, 5.41) is 16.2. The van der Waals surface area contributed by atoms with Crippen LogP contribution in [0.25, 0.3) is 0 Å². The number of hydrogen-bond acceptors (Lipinski definition) is 6. The lowest BCUT2D eigenvalue weighted by Gasteiger charge is -2.08. The van der Waals surface area contributed by atoms with Gasteiger partial charge in [0.25, 0.3) is 5.69 Å². The third-order valence-electron chi connectivity index (χ3n) is 3.73. The van der Waals surface area contributed by atoms with Crippen molar-refractivity contribution >= 4 is 40.1 Å². The number of aliphatic imine (C=N–C) groups is 1. The average Bonchev–Trinajstić information content (AvgIpc) is 2.88. The molecule has 1 aromatic rings. The molecule has 0 aliphatic carbocycles. The van der Waals surface area contributed by atoms with E-state index in [4.69, 9.17) is 0 Å².